The molecule has 11 heteroatoms. The molecule has 4 rings (SSSR count). The molecule has 3 aromatic rings. The molecule has 1 aliphatic rings. The third kappa shape index (κ3) is 7.15. The number of hydroxylamine groups is 2. The number of carbonyl (C=O) groups excluding carboxylic acids is 3. The van der Waals surface area contributed by atoms with Crippen LogP contribution in [0.3, 0.4) is 0 Å². The minimum Gasteiger partial charge on any atom is -0.427 e. The molecule has 2 N–H and O–H groups in total. The number of fused-ring (bicyclic) bond motifs is 1. The lowest BCUT2D eigenvalue weighted by Crippen LogP contribution is -2.47. The third-order valence-corrected chi connectivity index (χ3v) is 6.72. The van der Waals surface area contributed by atoms with E-state index in [0.29, 0.717) is 37.9 Å². The maximum Gasteiger partial charge on any atom is 0.528 e. The number of aryl methyl sites for hydroxylation is 3. The highest BCUT2D eigenvalue weighted by Gasteiger charge is 2.28. The molecular formula is C29H38N6O5. The Morgan fingerprint density at radius 2 is 1.73 bits per heavy atom. The normalized spacial score (nSPS) is 14.7. The molecule has 2 aromatic heterocycles. The van der Waals surface area contributed by atoms with Gasteiger partial charge in [-0.25, -0.2) is 14.3 Å². The Bertz CT molecular complexity index is 1380. The SMILES string of the molecule is CCc1nn2c(C)cc(C)nc2c1Cc1ccc(C(=O)NNC(=O)C2CCN(OC(=O)OC(C)(C)C)CC2)cc1. The van der Waals surface area contributed by atoms with Gasteiger partial charge < -0.3 is 9.57 Å². The summed E-state index contributed by atoms with van der Waals surface area (Å²) >= 11 is 0. The number of piperidine rings is 1. The Morgan fingerprint density at radius 1 is 1.05 bits per heavy atom. The Kier molecular flexibility index (Phi) is 8.73. The van der Waals surface area contributed by atoms with Crippen LogP contribution in [-0.4, -0.2) is 56.3 Å². The van der Waals surface area contributed by atoms with Gasteiger partial charge in [-0.1, -0.05) is 19.1 Å². The first-order valence-corrected chi connectivity index (χ1v) is 13.6. The number of amides is 2. The van der Waals surface area contributed by atoms with Crippen molar-refractivity contribution in [2.24, 2.45) is 5.92 Å². The molecule has 1 fully saturated rings. The number of carbonyl (C=O) groups is 3. The summed E-state index contributed by atoms with van der Waals surface area (Å²) in [5.41, 5.74) is 10.8. The molecule has 1 aliphatic heterocycles. The Morgan fingerprint density at radius 3 is 2.35 bits per heavy atom. The number of rotatable bonds is 6. The number of nitrogens with one attached hydrogen (secondary N) is 2. The van der Waals surface area contributed by atoms with E-state index in [9.17, 15) is 14.4 Å². The van der Waals surface area contributed by atoms with Crippen molar-refractivity contribution in [3.8, 4) is 0 Å². The fourth-order valence-corrected chi connectivity index (χ4v) is 4.73. The van der Waals surface area contributed by atoms with Crippen LogP contribution in [0.4, 0.5) is 4.79 Å². The molecule has 11 nitrogen and oxygen atoms in total. The van der Waals surface area contributed by atoms with Crippen molar-refractivity contribution in [3.05, 3.63) is 64.1 Å². The zero-order valence-corrected chi connectivity index (χ0v) is 24.0. The van der Waals surface area contributed by atoms with Crippen LogP contribution >= 0.6 is 0 Å². The van der Waals surface area contributed by atoms with E-state index in [-0.39, 0.29) is 11.8 Å². The average molecular weight is 551 g/mol. The highest BCUT2D eigenvalue weighted by Crippen LogP contribution is 2.22. The van der Waals surface area contributed by atoms with Gasteiger partial charge in [0, 0.05) is 47.9 Å². The molecular weight excluding hydrogens is 512 g/mol. The van der Waals surface area contributed by atoms with Crippen molar-refractivity contribution in [3.63, 3.8) is 0 Å². The van der Waals surface area contributed by atoms with Crippen LogP contribution in [0.2, 0.25) is 0 Å². The van der Waals surface area contributed by atoms with Gasteiger partial charge in [-0.2, -0.15) is 5.10 Å². The van der Waals surface area contributed by atoms with Crippen LogP contribution < -0.4 is 10.9 Å². The van der Waals surface area contributed by atoms with E-state index >= 15 is 0 Å². The molecule has 3 heterocycles. The summed E-state index contributed by atoms with van der Waals surface area (Å²) in [7, 11) is 0. The summed E-state index contributed by atoms with van der Waals surface area (Å²) < 4.78 is 7.05. The molecule has 0 atom stereocenters. The Balaban J connectivity index is 1.28. The van der Waals surface area contributed by atoms with Crippen LogP contribution in [0.5, 0.6) is 0 Å². The first-order chi connectivity index (χ1) is 18.9. The fraction of sp³-hybridized carbons (Fsp3) is 0.483. The van der Waals surface area contributed by atoms with Crippen molar-refractivity contribution in [2.45, 2.75) is 72.8 Å². The van der Waals surface area contributed by atoms with Crippen LogP contribution in [0.25, 0.3) is 5.65 Å². The van der Waals surface area contributed by atoms with Crippen molar-refractivity contribution in [2.75, 3.05) is 13.1 Å². The number of aromatic nitrogens is 3. The third-order valence-electron chi connectivity index (χ3n) is 6.72. The van der Waals surface area contributed by atoms with Crippen molar-refractivity contribution >= 4 is 23.6 Å². The monoisotopic (exact) mass is 550 g/mol. The summed E-state index contributed by atoms with van der Waals surface area (Å²) in [6, 6.07) is 9.31. The molecule has 1 saturated heterocycles. The zero-order valence-electron chi connectivity index (χ0n) is 24.0. The van der Waals surface area contributed by atoms with Gasteiger partial charge in [0.25, 0.3) is 5.91 Å². The number of benzene rings is 1. The number of hydrogen-bond acceptors (Lipinski definition) is 8. The molecule has 214 valence electrons. The van der Waals surface area contributed by atoms with E-state index in [1.54, 1.807) is 32.9 Å². The number of hydrogen-bond donors (Lipinski definition) is 2. The zero-order chi connectivity index (χ0) is 29.0. The van der Waals surface area contributed by atoms with Crippen LogP contribution in [-0.2, 0) is 27.2 Å². The minimum absolute atomic E-state index is 0.278. The van der Waals surface area contributed by atoms with Gasteiger partial charge in [-0.15, -0.1) is 5.06 Å². The van der Waals surface area contributed by atoms with E-state index in [2.05, 4.69) is 17.8 Å². The first-order valence-electron chi connectivity index (χ1n) is 13.6. The van der Waals surface area contributed by atoms with Gasteiger partial charge in [-0.3, -0.25) is 20.4 Å². The predicted molar refractivity (Wildman–Crippen MR) is 148 cm³/mol. The van der Waals surface area contributed by atoms with E-state index in [1.165, 1.54) is 5.06 Å². The Labute approximate surface area is 234 Å². The predicted octanol–water partition coefficient (Wildman–Crippen LogP) is 3.84. The second-order valence-electron chi connectivity index (χ2n) is 11.1. The van der Waals surface area contributed by atoms with Gasteiger partial charge in [0.2, 0.25) is 5.91 Å². The molecule has 0 spiro atoms. The molecule has 0 saturated carbocycles. The van der Waals surface area contributed by atoms with Gasteiger partial charge in [0.1, 0.15) is 5.60 Å². The second-order valence-corrected chi connectivity index (χ2v) is 11.1. The molecule has 0 bridgehead atoms. The summed E-state index contributed by atoms with van der Waals surface area (Å²) in [5.74, 6) is -0.982. The Hall–Kier alpha value is -3.99. The molecule has 0 unspecified atom stereocenters. The van der Waals surface area contributed by atoms with Crippen LogP contribution in [0.15, 0.2) is 30.3 Å². The van der Waals surface area contributed by atoms with Crippen molar-refractivity contribution < 1.29 is 24.0 Å². The second kappa shape index (κ2) is 12.0. The topological polar surface area (TPSA) is 127 Å². The molecule has 40 heavy (non-hydrogen) atoms. The van der Waals surface area contributed by atoms with E-state index in [0.717, 1.165) is 40.3 Å². The van der Waals surface area contributed by atoms with Crippen molar-refractivity contribution in [1.82, 2.24) is 30.5 Å². The average Bonchev–Trinajstić information content (AvgIpc) is 3.24. The quantitative estimate of drug-likeness (QED) is 0.350. The summed E-state index contributed by atoms with van der Waals surface area (Å²) in [4.78, 5) is 47.0. The standard InChI is InChI=1S/C29H38N6O5/c1-7-24-23(25-30-18(2)16-19(3)35(25)33-24)17-20-8-10-21(11-9-20)26(36)31-32-27(37)22-12-14-34(15-13-22)40-28(38)39-29(4,5)6/h8-11,16,22H,7,12-15,17H2,1-6H3,(H,31,36)(H,32,37). The van der Waals surface area contributed by atoms with Gasteiger partial charge >= 0.3 is 6.16 Å². The van der Waals surface area contributed by atoms with E-state index < -0.39 is 17.7 Å². The smallest absolute Gasteiger partial charge is 0.427 e. The maximum absolute atomic E-state index is 12.7. The van der Waals surface area contributed by atoms with Gasteiger partial charge in [0.05, 0.1) is 5.69 Å². The van der Waals surface area contributed by atoms with E-state index in [1.807, 2.05) is 36.6 Å². The lowest BCUT2D eigenvalue weighted by molar-refractivity contribution is -0.158. The minimum atomic E-state index is -0.764. The summed E-state index contributed by atoms with van der Waals surface area (Å²) in [6.07, 6.45) is 1.65. The summed E-state index contributed by atoms with van der Waals surface area (Å²) in [6.45, 7) is 12.2. The highest BCUT2D eigenvalue weighted by molar-refractivity contribution is 5.95. The van der Waals surface area contributed by atoms with Crippen LogP contribution in [0.1, 0.15) is 79.1 Å². The molecule has 0 aliphatic carbocycles. The number of hydrazine groups is 1. The van der Waals surface area contributed by atoms with Crippen LogP contribution in [0, 0.1) is 19.8 Å². The molecule has 0 radical (unpaired) electrons. The van der Waals surface area contributed by atoms with Gasteiger partial charge in [0.15, 0.2) is 5.65 Å². The number of nitrogens with zero attached hydrogens (tertiary/aromatic N) is 4. The van der Waals surface area contributed by atoms with Gasteiger partial charge in [-0.05, 0) is 77.6 Å². The molecule has 1 aromatic carbocycles. The maximum atomic E-state index is 12.7. The highest BCUT2D eigenvalue weighted by atomic mass is 16.8. The van der Waals surface area contributed by atoms with Crippen molar-refractivity contribution in [1.29, 1.82) is 0 Å². The largest absolute Gasteiger partial charge is 0.528 e. The lowest BCUT2D eigenvalue weighted by atomic mass is 9.97. The van der Waals surface area contributed by atoms with E-state index in [4.69, 9.17) is 19.7 Å². The first kappa shape index (κ1) is 29.0. The fourth-order valence-electron chi connectivity index (χ4n) is 4.73. The molecule has 2 amide bonds. The lowest BCUT2D eigenvalue weighted by Gasteiger charge is -2.30. The number of ether oxygens (including phenoxy) is 1. The summed E-state index contributed by atoms with van der Waals surface area (Å²) in [5, 5.41) is 6.23.